The van der Waals surface area contributed by atoms with E-state index in [0.29, 0.717) is 15.8 Å². The lowest BCUT2D eigenvalue weighted by Gasteiger charge is -2.08. The zero-order valence-corrected chi connectivity index (χ0v) is 10.8. The molecule has 0 amide bonds. The first-order chi connectivity index (χ1) is 8.70. The summed E-state index contributed by atoms with van der Waals surface area (Å²) in [6.07, 6.45) is 1.51. The van der Waals surface area contributed by atoms with Crippen molar-refractivity contribution in [1.82, 2.24) is 4.98 Å². The number of nitrogens with zero attached hydrogens (tertiary/aromatic N) is 2. The molecule has 0 saturated heterocycles. The van der Waals surface area contributed by atoms with Gasteiger partial charge in [0, 0.05) is 16.2 Å². The lowest BCUT2D eigenvalue weighted by atomic mass is 10.2. The minimum absolute atomic E-state index is 0.0550. The van der Waals surface area contributed by atoms with E-state index < -0.39 is 0 Å². The monoisotopic (exact) mass is 306 g/mol. The Kier molecular flexibility index (Phi) is 3.90. The van der Waals surface area contributed by atoms with Gasteiger partial charge >= 0.3 is 0 Å². The highest BCUT2D eigenvalue weighted by Crippen LogP contribution is 2.22. The van der Waals surface area contributed by atoms with Crippen LogP contribution in [-0.2, 0) is 6.61 Å². The van der Waals surface area contributed by atoms with Crippen molar-refractivity contribution >= 4 is 15.9 Å². The Morgan fingerprint density at radius 3 is 2.89 bits per heavy atom. The Balaban J connectivity index is 2.18. The molecule has 0 fully saturated rings. The molecule has 0 aliphatic heterocycles. The highest BCUT2D eigenvalue weighted by molar-refractivity contribution is 9.10. The van der Waals surface area contributed by atoms with Crippen LogP contribution in [0.25, 0.3) is 0 Å². The van der Waals surface area contributed by atoms with Gasteiger partial charge in [-0.2, -0.15) is 5.26 Å². The number of benzene rings is 1. The Morgan fingerprint density at radius 2 is 2.17 bits per heavy atom. The number of rotatable bonds is 3. The molecule has 90 valence electrons. The average Bonchev–Trinajstić information content (AvgIpc) is 2.38. The van der Waals surface area contributed by atoms with E-state index in [1.54, 1.807) is 24.3 Å². The summed E-state index contributed by atoms with van der Waals surface area (Å²) in [5.74, 6) is -0.00547. The third-order valence-corrected chi connectivity index (χ3v) is 2.70. The lowest BCUT2D eigenvalue weighted by molar-refractivity contribution is 0.297. The minimum atomic E-state index is -0.334. The average molecular weight is 307 g/mol. The fraction of sp³-hybridized carbons (Fsp3) is 0.0769. The van der Waals surface area contributed by atoms with Crippen LogP contribution in [0, 0.1) is 17.1 Å². The zero-order valence-electron chi connectivity index (χ0n) is 9.23. The summed E-state index contributed by atoms with van der Waals surface area (Å²) in [6, 6.07) is 9.89. The maximum absolute atomic E-state index is 13.4. The topological polar surface area (TPSA) is 45.9 Å². The van der Waals surface area contributed by atoms with E-state index in [-0.39, 0.29) is 18.1 Å². The molecule has 0 unspecified atom stereocenters. The Bertz CT molecular complexity index is 610. The van der Waals surface area contributed by atoms with Crippen molar-refractivity contribution in [3.05, 3.63) is 58.1 Å². The van der Waals surface area contributed by atoms with Crippen molar-refractivity contribution in [1.29, 1.82) is 5.26 Å². The molecule has 0 aliphatic rings. The Hall–Kier alpha value is -1.93. The van der Waals surface area contributed by atoms with Crippen LogP contribution in [0.15, 0.2) is 41.0 Å². The lowest BCUT2D eigenvalue weighted by Crippen LogP contribution is -2.00. The fourth-order valence-electron chi connectivity index (χ4n) is 1.39. The first-order valence-corrected chi connectivity index (χ1v) is 5.92. The summed E-state index contributed by atoms with van der Waals surface area (Å²) in [5.41, 5.74) is 0.607. The number of ether oxygens (including phenoxy) is 1. The predicted octanol–water partition coefficient (Wildman–Crippen LogP) is 3.43. The molecule has 0 saturated carbocycles. The standard InChI is InChI=1S/C13H8BrFN2O/c14-10-5-13(12(6-16)17-7-10)18-8-9-3-1-2-4-11(9)15/h1-5,7H,8H2. The molecule has 1 aromatic heterocycles. The first-order valence-electron chi connectivity index (χ1n) is 5.12. The molecule has 2 rings (SSSR count). The zero-order chi connectivity index (χ0) is 13.0. The Labute approximate surface area is 112 Å². The van der Waals surface area contributed by atoms with Crippen molar-refractivity contribution in [3.8, 4) is 11.8 Å². The number of pyridine rings is 1. The molecule has 5 heteroatoms. The van der Waals surface area contributed by atoms with E-state index in [0.717, 1.165) is 0 Å². The van der Waals surface area contributed by atoms with Gasteiger partial charge < -0.3 is 4.74 Å². The van der Waals surface area contributed by atoms with Crippen LogP contribution < -0.4 is 4.74 Å². The van der Waals surface area contributed by atoms with E-state index in [9.17, 15) is 4.39 Å². The molecule has 2 aromatic rings. The summed E-state index contributed by atoms with van der Waals surface area (Å²) in [5, 5.41) is 8.88. The van der Waals surface area contributed by atoms with Gasteiger partial charge in [-0.3, -0.25) is 0 Å². The molecule has 0 radical (unpaired) electrons. The second kappa shape index (κ2) is 5.61. The first kappa shape index (κ1) is 12.5. The maximum atomic E-state index is 13.4. The molecule has 0 N–H and O–H groups in total. The van der Waals surface area contributed by atoms with Crippen LogP contribution >= 0.6 is 15.9 Å². The fourth-order valence-corrected chi connectivity index (χ4v) is 1.70. The van der Waals surface area contributed by atoms with Gasteiger partial charge in [0.15, 0.2) is 11.4 Å². The highest BCUT2D eigenvalue weighted by Gasteiger charge is 2.07. The van der Waals surface area contributed by atoms with Gasteiger partial charge in [0.2, 0.25) is 0 Å². The van der Waals surface area contributed by atoms with E-state index in [2.05, 4.69) is 20.9 Å². The van der Waals surface area contributed by atoms with Gasteiger partial charge in [-0.1, -0.05) is 18.2 Å². The highest BCUT2D eigenvalue weighted by atomic mass is 79.9. The predicted molar refractivity (Wildman–Crippen MR) is 67.4 cm³/mol. The number of hydrogen-bond donors (Lipinski definition) is 0. The number of hydrogen-bond acceptors (Lipinski definition) is 3. The van der Waals surface area contributed by atoms with Crippen molar-refractivity contribution in [3.63, 3.8) is 0 Å². The van der Waals surface area contributed by atoms with Crippen molar-refractivity contribution < 1.29 is 9.13 Å². The van der Waals surface area contributed by atoms with Crippen LogP contribution in [0.3, 0.4) is 0 Å². The smallest absolute Gasteiger partial charge is 0.182 e. The largest absolute Gasteiger partial charge is 0.486 e. The van der Waals surface area contributed by atoms with Crippen LogP contribution in [-0.4, -0.2) is 4.98 Å². The molecule has 1 aromatic carbocycles. The van der Waals surface area contributed by atoms with Gasteiger partial charge in [-0.15, -0.1) is 0 Å². The number of halogens is 2. The van der Waals surface area contributed by atoms with Crippen molar-refractivity contribution in [2.24, 2.45) is 0 Å². The number of aromatic nitrogens is 1. The molecule has 0 aliphatic carbocycles. The van der Waals surface area contributed by atoms with E-state index in [1.165, 1.54) is 12.3 Å². The maximum Gasteiger partial charge on any atom is 0.182 e. The van der Waals surface area contributed by atoms with Crippen molar-refractivity contribution in [2.45, 2.75) is 6.61 Å². The van der Waals surface area contributed by atoms with Crippen molar-refractivity contribution in [2.75, 3.05) is 0 Å². The van der Waals surface area contributed by atoms with Gasteiger partial charge in [-0.25, -0.2) is 9.37 Å². The summed E-state index contributed by atoms with van der Waals surface area (Å²) in [7, 11) is 0. The molecule has 0 atom stereocenters. The second-order valence-electron chi connectivity index (χ2n) is 3.49. The van der Waals surface area contributed by atoms with Gasteiger partial charge in [0.1, 0.15) is 18.5 Å². The third kappa shape index (κ3) is 2.84. The molecule has 3 nitrogen and oxygen atoms in total. The molecule has 0 spiro atoms. The molecular weight excluding hydrogens is 299 g/mol. The third-order valence-electron chi connectivity index (χ3n) is 2.27. The van der Waals surface area contributed by atoms with Crippen LogP contribution in [0.2, 0.25) is 0 Å². The summed E-state index contributed by atoms with van der Waals surface area (Å²) in [4.78, 5) is 3.90. The van der Waals surface area contributed by atoms with Crippen LogP contribution in [0.4, 0.5) is 4.39 Å². The summed E-state index contributed by atoms with van der Waals surface area (Å²) in [6.45, 7) is 0.0550. The van der Waals surface area contributed by atoms with E-state index >= 15 is 0 Å². The molecule has 18 heavy (non-hydrogen) atoms. The SMILES string of the molecule is N#Cc1ncc(Br)cc1OCc1ccccc1F. The quantitative estimate of drug-likeness (QED) is 0.872. The molecule has 0 bridgehead atoms. The van der Waals surface area contributed by atoms with Crippen LogP contribution in [0.5, 0.6) is 5.75 Å². The number of nitriles is 1. The summed E-state index contributed by atoms with van der Waals surface area (Å²) < 4.78 is 19.5. The molecular formula is C13H8BrFN2O. The van der Waals surface area contributed by atoms with Gasteiger partial charge in [-0.05, 0) is 28.1 Å². The second-order valence-corrected chi connectivity index (χ2v) is 4.41. The Morgan fingerprint density at radius 1 is 1.39 bits per heavy atom. The summed E-state index contributed by atoms with van der Waals surface area (Å²) >= 11 is 3.24. The van der Waals surface area contributed by atoms with E-state index in [4.69, 9.17) is 10.00 Å². The van der Waals surface area contributed by atoms with Gasteiger partial charge in [0.25, 0.3) is 0 Å². The van der Waals surface area contributed by atoms with Crippen LogP contribution in [0.1, 0.15) is 11.3 Å². The normalized spacial score (nSPS) is 9.83. The van der Waals surface area contributed by atoms with Gasteiger partial charge in [0.05, 0.1) is 0 Å². The molecule has 1 heterocycles. The van der Waals surface area contributed by atoms with E-state index in [1.807, 2.05) is 6.07 Å². The minimum Gasteiger partial charge on any atom is -0.486 e.